The maximum Gasteiger partial charge on any atom is 0.272 e. The normalized spacial score (nSPS) is 11.0. The van der Waals surface area contributed by atoms with Gasteiger partial charge in [0, 0.05) is 19.0 Å². The van der Waals surface area contributed by atoms with Crippen LogP contribution in [0.5, 0.6) is 0 Å². The molecule has 0 unspecified atom stereocenters. The van der Waals surface area contributed by atoms with E-state index in [-0.39, 0.29) is 12.4 Å². The molecule has 0 radical (unpaired) electrons. The Morgan fingerprint density at radius 3 is 2.78 bits per heavy atom. The number of amides is 1. The van der Waals surface area contributed by atoms with Gasteiger partial charge in [-0.15, -0.1) is 11.6 Å². The van der Waals surface area contributed by atoms with Gasteiger partial charge in [0.05, 0.1) is 12.2 Å². The molecule has 1 heterocycles. The van der Waals surface area contributed by atoms with E-state index in [2.05, 4.69) is 5.10 Å². The van der Waals surface area contributed by atoms with E-state index in [0.29, 0.717) is 17.9 Å². The van der Waals surface area contributed by atoms with E-state index < -0.39 is 18.9 Å². The van der Waals surface area contributed by atoms with Crippen molar-refractivity contribution >= 4 is 17.5 Å². The molecule has 0 aliphatic carbocycles. The largest absolute Gasteiger partial charge is 0.330 e. The Kier molecular flexibility index (Phi) is 5.53. The molecule has 18 heavy (non-hydrogen) atoms. The average molecular weight is 280 g/mol. The predicted octanol–water partition coefficient (Wildman–Crippen LogP) is 2.16. The summed E-state index contributed by atoms with van der Waals surface area (Å²) >= 11 is 5.53. The number of aryl methyl sites for hydroxylation is 2. The van der Waals surface area contributed by atoms with Gasteiger partial charge in [0.1, 0.15) is 5.69 Å². The van der Waals surface area contributed by atoms with Crippen molar-refractivity contribution in [2.45, 2.75) is 26.8 Å². The molecule has 0 aliphatic rings. The molecule has 0 bridgehead atoms. The summed E-state index contributed by atoms with van der Waals surface area (Å²) in [6.45, 7) is 3.58. The number of halogens is 3. The van der Waals surface area contributed by atoms with Crippen LogP contribution in [0.15, 0.2) is 6.07 Å². The summed E-state index contributed by atoms with van der Waals surface area (Å²) in [5.74, 6) is -0.337. The Labute approximate surface area is 110 Å². The Bertz CT molecular complexity index is 409. The number of rotatable bonds is 6. The van der Waals surface area contributed by atoms with Crippen molar-refractivity contribution in [3.05, 3.63) is 17.5 Å². The topological polar surface area (TPSA) is 38.1 Å². The van der Waals surface area contributed by atoms with E-state index in [1.807, 2.05) is 6.92 Å². The zero-order chi connectivity index (χ0) is 13.7. The van der Waals surface area contributed by atoms with Gasteiger partial charge in [-0.3, -0.25) is 9.48 Å². The molecule has 0 N–H and O–H groups in total. The monoisotopic (exact) mass is 279 g/mol. The molecule has 1 aromatic rings. The lowest BCUT2D eigenvalue weighted by Crippen LogP contribution is -2.37. The average Bonchev–Trinajstić information content (AvgIpc) is 2.68. The molecular formula is C11H16ClF2N3O. The second-order valence-electron chi connectivity index (χ2n) is 3.82. The van der Waals surface area contributed by atoms with Crippen molar-refractivity contribution in [1.82, 2.24) is 14.7 Å². The van der Waals surface area contributed by atoms with E-state index in [1.54, 1.807) is 13.0 Å². The number of carbonyl (C=O) groups is 1. The van der Waals surface area contributed by atoms with Gasteiger partial charge in [-0.25, -0.2) is 8.78 Å². The second kappa shape index (κ2) is 6.68. The van der Waals surface area contributed by atoms with Gasteiger partial charge >= 0.3 is 0 Å². The molecule has 0 saturated heterocycles. The highest BCUT2D eigenvalue weighted by Gasteiger charge is 2.22. The number of alkyl halides is 3. The van der Waals surface area contributed by atoms with Gasteiger partial charge in [0.25, 0.3) is 12.3 Å². The number of aromatic nitrogens is 2. The number of hydrogen-bond acceptors (Lipinski definition) is 2. The fourth-order valence-electron chi connectivity index (χ4n) is 1.67. The molecule has 102 valence electrons. The summed E-state index contributed by atoms with van der Waals surface area (Å²) in [5.41, 5.74) is 1.00. The summed E-state index contributed by atoms with van der Waals surface area (Å²) in [7, 11) is 0. The minimum atomic E-state index is -2.57. The van der Waals surface area contributed by atoms with Crippen LogP contribution in [0.3, 0.4) is 0 Å². The third-order valence-corrected chi connectivity index (χ3v) is 2.59. The van der Waals surface area contributed by atoms with Crippen molar-refractivity contribution in [2.24, 2.45) is 0 Å². The summed E-state index contributed by atoms with van der Waals surface area (Å²) < 4.78 is 26.3. The molecule has 0 fully saturated rings. The Morgan fingerprint density at radius 2 is 2.28 bits per heavy atom. The molecule has 0 atom stereocenters. The van der Waals surface area contributed by atoms with Gasteiger partial charge < -0.3 is 4.90 Å². The molecule has 0 saturated carbocycles. The Balaban J connectivity index is 2.93. The molecular weight excluding hydrogens is 264 g/mol. The maximum absolute atomic E-state index is 12.4. The SMILES string of the molecule is CCn1nc(C)cc1C(=O)N(CCCl)CC(F)F. The highest BCUT2D eigenvalue weighted by molar-refractivity contribution is 6.18. The van der Waals surface area contributed by atoms with Crippen molar-refractivity contribution < 1.29 is 13.6 Å². The lowest BCUT2D eigenvalue weighted by Gasteiger charge is -2.21. The van der Waals surface area contributed by atoms with E-state index in [4.69, 9.17) is 11.6 Å². The van der Waals surface area contributed by atoms with Crippen LogP contribution in [0.2, 0.25) is 0 Å². The Morgan fingerprint density at radius 1 is 1.61 bits per heavy atom. The fraction of sp³-hybridized carbons (Fsp3) is 0.636. The van der Waals surface area contributed by atoms with E-state index in [1.165, 1.54) is 4.68 Å². The van der Waals surface area contributed by atoms with Crippen LogP contribution >= 0.6 is 11.6 Å². The number of hydrogen-bond donors (Lipinski definition) is 0. The van der Waals surface area contributed by atoms with Crippen LogP contribution in [-0.4, -0.2) is 46.0 Å². The fourth-order valence-corrected chi connectivity index (χ4v) is 1.87. The Hall–Kier alpha value is -1.17. The van der Waals surface area contributed by atoms with Crippen LogP contribution in [0.25, 0.3) is 0 Å². The molecule has 1 amide bonds. The molecule has 7 heteroatoms. The molecule has 1 aromatic heterocycles. The molecule has 0 aliphatic heterocycles. The quantitative estimate of drug-likeness (QED) is 0.749. The highest BCUT2D eigenvalue weighted by Crippen LogP contribution is 2.10. The zero-order valence-corrected chi connectivity index (χ0v) is 11.1. The standard InChI is InChI=1S/C11H16ClF2N3O/c1-3-17-9(6-8(2)15-17)11(18)16(5-4-12)7-10(13)14/h6,10H,3-5,7H2,1-2H3. The first-order valence-corrected chi connectivity index (χ1v) is 6.20. The first-order chi connectivity index (χ1) is 8.49. The number of nitrogens with zero attached hydrogens (tertiary/aromatic N) is 3. The lowest BCUT2D eigenvalue weighted by molar-refractivity contribution is 0.0560. The van der Waals surface area contributed by atoms with Gasteiger partial charge in [0.15, 0.2) is 0 Å². The van der Waals surface area contributed by atoms with Gasteiger partial charge in [-0.2, -0.15) is 5.10 Å². The van der Waals surface area contributed by atoms with Gasteiger partial charge in [-0.05, 0) is 19.9 Å². The van der Waals surface area contributed by atoms with Crippen LogP contribution < -0.4 is 0 Å². The minimum absolute atomic E-state index is 0.0959. The van der Waals surface area contributed by atoms with Crippen LogP contribution in [0, 0.1) is 6.92 Å². The van der Waals surface area contributed by atoms with Gasteiger partial charge in [0.2, 0.25) is 0 Å². The summed E-state index contributed by atoms with van der Waals surface area (Å²) in [5, 5.41) is 4.12. The molecule has 0 aromatic carbocycles. The second-order valence-corrected chi connectivity index (χ2v) is 4.20. The van der Waals surface area contributed by atoms with Crippen LogP contribution in [0.4, 0.5) is 8.78 Å². The van der Waals surface area contributed by atoms with E-state index >= 15 is 0 Å². The van der Waals surface area contributed by atoms with E-state index in [9.17, 15) is 13.6 Å². The predicted molar refractivity (Wildman–Crippen MR) is 65.3 cm³/mol. The van der Waals surface area contributed by atoms with Crippen LogP contribution in [-0.2, 0) is 6.54 Å². The summed E-state index contributed by atoms with van der Waals surface area (Å²) in [4.78, 5) is 13.2. The summed E-state index contributed by atoms with van der Waals surface area (Å²) in [6, 6.07) is 1.60. The number of carbonyl (C=O) groups excluding carboxylic acids is 1. The van der Waals surface area contributed by atoms with Crippen molar-refractivity contribution in [1.29, 1.82) is 0 Å². The minimum Gasteiger partial charge on any atom is -0.330 e. The lowest BCUT2D eigenvalue weighted by atomic mass is 10.3. The first-order valence-electron chi connectivity index (χ1n) is 5.67. The van der Waals surface area contributed by atoms with Crippen molar-refractivity contribution in [3.8, 4) is 0 Å². The summed E-state index contributed by atoms with van der Waals surface area (Å²) in [6.07, 6.45) is -2.57. The van der Waals surface area contributed by atoms with Gasteiger partial charge in [-0.1, -0.05) is 0 Å². The van der Waals surface area contributed by atoms with Crippen molar-refractivity contribution in [3.63, 3.8) is 0 Å². The molecule has 0 spiro atoms. The third kappa shape index (κ3) is 3.66. The third-order valence-electron chi connectivity index (χ3n) is 2.42. The van der Waals surface area contributed by atoms with Crippen LogP contribution in [0.1, 0.15) is 23.1 Å². The highest BCUT2D eigenvalue weighted by atomic mass is 35.5. The molecule has 1 rings (SSSR count). The van der Waals surface area contributed by atoms with Crippen molar-refractivity contribution in [2.75, 3.05) is 19.0 Å². The molecule has 4 nitrogen and oxygen atoms in total. The van der Waals surface area contributed by atoms with E-state index in [0.717, 1.165) is 4.90 Å². The maximum atomic E-state index is 12.4. The zero-order valence-electron chi connectivity index (χ0n) is 10.4. The smallest absolute Gasteiger partial charge is 0.272 e. The first kappa shape index (κ1) is 14.9.